The van der Waals surface area contributed by atoms with Gasteiger partial charge in [0.1, 0.15) is 29.2 Å². The largest absolute Gasteiger partial charge is 0.194 e. The number of rotatable bonds is 4. The lowest BCUT2D eigenvalue weighted by molar-refractivity contribution is 1.48. The summed E-state index contributed by atoms with van der Waals surface area (Å²) in [6.07, 6.45) is 0.519. The lowest BCUT2D eigenvalue weighted by Crippen LogP contribution is -2.32. The first-order valence-corrected chi connectivity index (χ1v) is 9.27. The van der Waals surface area contributed by atoms with Gasteiger partial charge in [-0.15, -0.1) is 12.4 Å². The van der Waals surface area contributed by atoms with E-state index in [4.69, 9.17) is 0 Å². The van der Waals surface area contributed by atoms with Gasteiger partial charge in [0.2, 0.25) is 0 Å². The second kappa shape index (κ2) is 7.93. The maximum absolute atomic E-state index is 9.56. The van der Waals surface area contributed by atoms with Crippen LogP contribution >= 0.6 is 19.7 Å². The highest BCUT2D eigenvalue weighted by Gasteiger charge is 2.45. The van der Waals surface area contributed by atoms with Crippen LogP contribution in [0.3, 0.4) is 0 Å². The van der Waals surface area contributed by atoms with Gasteiger partial charge >= 0.3 is 0 Å². The number of nitrogens with zero attached hydrogens (tertiary/aromatic N) is 1. The van der Waals surface area contributed by atoms with Crippen LogP contribution in [0, 0.1) is 11.3 Å². The minimum Gasteiger partial charge on any atom is -0.194 e. The van der Waals surface area contributed by atoms with E-state index < -0.39 is 7.26 Å². The zero-order valence-electron chi connectivity index (χ0n) is 12.7. The summed E-state index contributed by atoms with van der Waals surface area (Å²) in [4.78, 5) is 0. The number of hydrogen-bond acceptors (Lipinski definition) is 1. The fourth-order valence-electron chi connectivity index (χ4n) is 2.87. The van der Waals surface area contributed by atoms with Gasteiger partial charge in [0.25, 0.3) is 0 Å². The zero-order chi connectivity index (χ0) is 15.3. The average molecular weight is 339 g/mol. The molecule has 3 rings (SSSR count). The average Bonchev–Trinajstić information content (AvgIpc) is 2.62. The Balaban J connectivity index is 0.00000192. The molecule has 3 aromatic rings. The molecule has 3 heteroatoms. The third kappa shape index (κ3) is 3.30. The lowest BCUT2D eigenvalue weighted by Gasteiger charge is -2.25. The fourth-order valence-corrected chi connectivity index (χ4v) is 6.57. The highest BCUT2D eigenvalue weighted by atomic mass is 35.5. The third-order valence-corrected chi connectivity index (χ3v) is 8.05. The van der Waals surface area contributed by atoms with E-state index in [0.29, 0.717) is 6.16 Å². The molecule has 0 amide bonds. The Morgan fingerprint density at radius 2 is 0.913 bits per heavy atom. The normalized spacial score (nSPS) is 10.4. The summed E-state index contributed by atoms with van der Waals surface area (Å²) in [5, 5.41) is 13.3. The van der Waals surface area contributed by atoms with E-state index in [2.05, 4.69) is 78.9 Å². The van der Waals surface area contributed by atoms with E-state index in [1.165, 1.54) is 15.9 Å². The van der Waals surface area contributed by atoms with Crippen LogP contribution in [0.5, 0.6) is 0 Å². The summed E-state index contributed by atoms with van der Waals surface area (Å²) in [5.41, 5.74) is 0. The molecule has 3 aromatic carbocycles. The first-order valence-electron chi connectivity index (χ1n) is 7.30. The van der Waals surface area contributed by atoms with Crippen LogP contribution in [0.2, 0.25) is 0 Å². The maximum Gasteiger partial charge on any atom is 0.159 e. The van der Waals surface area contributed by atoms with Crippen LogP contribution in [-0.2, 0) is 0 Å². The zero-order valence-corrected chi connectivity index (χ0v) is 14.4. The van der Waals surface area contributed by atoms with Crippen molar-refractivity contribution in [1.82, 2.24) is 0 Å². The highest BCUT2D eigenvalue weighted by molar-refractivity contribution is 7.95. The van der Waals surface area contributed by atoms with Crippen LogP contribution < -0.4 is 15.9 Å². The number of halogens is 1. The van der Waals surface area contributed by atoms with Gasteiger partial charge in [0, 0.05) is 0 Å². The Labute approximate surface area is 144 Å². The van der Waals surface area contributed by atoms with Gasteiger partial charge in [-0.3, -0.25) is 0 Å². The summed E-state index contributed by atoms with van der Waals surface area (Å²) in [7, 11) is -1.91. The van der Waals surface area contributed by atoms with Gasteiger partial charge in [-0.2, -0.15) is 5.26 Å². The predicted molar refractivity (Wildman–Crippen MR) is 103 cm³/mol. The number of benzene rings is 3. The molecule has 0 bridgehead atoms. The van der Waals surface area contributed by atoms with Crippen molar-refractivity contribution in [3.63, 3.8) is 0 Å². The van der Waals surface area contributed by atoms with Crippen molar-refractivity contribution in [1.29, 1.82) is 5.26 Å². The molecule has 0 aliphatic heterocycles. The molecule has 0 unspecified atom stereocenters. The molecule has 0 aliphatic carbocycles. The van der Waals surface area contributed by atoms with Crippen molar-refractivity contribution < 1.29 is 0 Å². The Morgan fingerprint density at radius 3 is 1.17 bits per heavy atom. The number of hydrogen-bond donors (Lipinski definition) is 0. The lowest BCUT2D eigenvalue weighted by atomic mass is 10.4. The predicted octanol–water partition coefficient (Wildman–Crippen LogP) is 3.93. The van der Waals surface area contributed by atoms with Crippen LogP contribution in [0.15, 0.2) is 91.0 Å². The third-order valence-electron chi connectivity index (χ3n) is 3.90. The van der Waals surface area contributed by atoms with E-state index >= 15 is 0 Å². The quantitative estimate of drug-likeness (QED) is 0.661. The molecular weight excluding hydrogens is 321 g/mol. The Kier molecular flexibility index (Phi) is 5.94. The second-order valence-corrected chi connectivity index (χ2v) is 8.62. The number of nitriles is 1. The summed E-state index contributed by atoms with van der Waals surface area (Å²) in [5.74, 6) is 0. The van der Waals surface area contributed by atoms with Crippen LogP contribution in [0.4, 0.5) is 0 Å². The van der Waals surface area contributed by atoms with Gasteiger partial charge < -0.3 is 0 Å². The SMILES string of the molecule is Cl.N#CC[P+](c1ccccc1)(c1ccccc1)c1ccccc1. The van der Waals surface area contributed by atoms with E-state index in [-0.39, 0.29) is 12.4 Å². The van der Waals surface area contributed by atoms with Gasteiger partial charge in [-0.25, -0.2) is 0 Å². The van der Waals surface area contributed by atoms with Crippen molar-refractivity contribution in [3.8, 4) is 6.07 Å². The summed E-state index contributed by atoms with van der Waals surface area (Å²) in [6, 6.07) is 33.9. The van der Waals surface area contributed by atoms with Crippen LogP contribution in [0.1, 0.15) is 0 Å². The Bertz CT molecular complexity index is 670. The highest BCUT2D eigenvalue weighted by Crippen LogP contribution is 2.54. The molecule has 114 valence electrons. The maximum atomic E-state index is 9.56. The molecule has 0 saturated carbocycles. The molecular formula is C20H18ClNP+. The van der Waals surface area contributed by atoms with Gasteiger partial charge in [-0.1, -0.05) is 54.6 Å². The molecule has 0 radical (unpaired) electrons. The van der Waals surface area contributed by atoms with Crippen molar-refractivity contribution in [2.24, 2.45) is 0 Å². The fraction of sp³-hybridized carbons (Fsp3) is 0.0500. The molecule has 0 fully saturated rings. The molecule has 0 spiro atoms. The van der Waals surface area contributed by atoms with Gasteiger partial charge in [0.05, 0.1) is 0 Å². The molecule has 0 aliphatic rings. The van der Waals surface area contributed by atoms with E-state index in [9.17, 15) is 5.26 Å². The monoisotopic (exact) mass is 338 g/mol. The first-order chi connectivity index (χ1) is 10.9. The minimum absolute atomic E-state index is 0. The summed E-state index contributed by atoms with van der Waals surface area (Å²) in [6.45, 7) is 0. The van der Waals surface area contributed by atoms with E-state index in [1.54, 1.807) is 0 Å². The van der Waals surface area contributed by atoms with E-state index in [0.717, 1.165) is 0 Å². The van der Waals surface area contributed by atoms with Gasteiger partial charge in [-0.05, 0) is 36.4 Å². The molecule has 0 atom stereocenters. The molecule has 23 heavy (non-hydrogen) atoms. The van der Waals surface area contributed by atoms with Crippen LogP contribution in [-0.4, -0.2) is 6.16 Å². The van der Waals surface area contributed by atoms with Crippen molar-refractivity contribution in [2.75, 3.05) is 6.16 Å². The standard InChI is InChI=1S/C20H17NP.ClH/c21-16-17-22(18-10-4-1-5-11-18,19-12-6-2-7-13-19)20-14-8-3-9-15-20;/h1-15H,17H2;1H/q+1;. The second-order valence-electron chi connectivity index (χ2n) is 5.13. The minimum atomic E-state index is -1.91. The van der Waals surface area contributed by atoms with Crippen molar-refractivity contribution in [2.45, 2.75) is 0 Å². The summed E-state index contributed by atoms with van der Waals surface area (Å²) < 4.78 is 0. The van der Waals surface area contributed by atoms with E-state index in [1.807, 2.05) is 18.2 Å². The van der Waals surface area contributed by atoms with Crippen molar-refractivity contribution >= 4 is 35.6 Å². The van der Waals surface area contributed by atoms with Crippen molar-refractivity contribution in [3.05, 3.63) is 91.0 Å². The molecule has 0 N–H and O–H groups in total. The van der Waals surface area contributed by atoms with Crippen LogP contribution in [0.25, 0.3) is 0 Å². The molecule has 0 saturated heterocycles. The molecule has 0 heterocycles. The Morgan fingerprint density at radius 1 is 0.609 bits per heavy atom. The molecule has 0 aromatic heterocycles. The smallest absolute Gasteiger partial charge is 0.159 e. The first kappa shape index (κ1) is 17.2. The molecule has 1 nitrogen and oxygen atoms in total. The topological polar surface area (TPSA) is 23.8 Å². The Hall–Kier alpha value is -2.13. The van der Waals surface area contributed by atoms with Gasteiger partial charge in [0.15, 0.2) is 6.16 Å². The summed E-state index contributed by atoms with van der Waals surface area (Å²) >= 11 is 0.